The Bertz CT molecular complexity index is 471. The van der Waals surface area contributed by atoms with Crippen LogP contribution in [-0.2, 0) is 17.6 Å². The van der Waals surface area contributed by atoms with Gasteiger partial charge in [-0.05, 0) is 30.4 Å². The van der Waals surface area contributed by atoms with Gasteiger partial charge in [0.2, 0.25) is 0 Å². The Morgan fingerprint density at radius 1 is 1.16 bits per heavy atom. The SMILES string of the molecule is CC1(C)C(NC2Cc3ccccc3C2)C2CCOC21. The lowest BCUT2D eigenvalue weighted by Gasteiger charge is -2.55. The van der Waals surface area contributed by atoms with Crippen LogP contribution in [0.25, 0.3) is 0 Å². The summed E-state index contributed by atoms with van der Waals surface area (Å²) in [6.07, 6.45) is 4.13. The molecule has 4 rings (SSSR count). The first-order chi connectivity index (χ1) is 9.16. The molecule has 3 unspecified atom stereocenters. The molecule has 1 aromatic rings. The maximum Gasteiger partial charge on any atom is 0.0685 e. The molecule has 0 spiro atoms. The predicted molar refractivity (Wildman–Crippen MR) is 76.2 cm³/mol. The Hall–Kier alpha value is -0.860. The first-order valence-corrected chi connectivity index (χ1v) is 7.60. The highest BCUT2D eigenvalue weighted by Gasteiger charge is 2.59. The molecule has 2 fully saturated rings. The molecule has 0 bridgehead atoms. The number of nitrogens with one attached hydrogen (secondary N) is 1. The second-order valence-corrected chi connectivity index (χ2v) is 7.08. The van der Waals surface area contributed by atoms with Gasteiger partial charge in [-0.25, -0.2) is 0 Å². The third-order valence-electron chi connectivity index (χ3n) is 5.57. The van der Waals surface area contributed by atoms with Crippen LogP contribution in [0.1, 0.15) is 31.4 Å². The van der Waals surface area contributed by atoms with Gasteiger partial charge in [0.1, 0.15) is 0 Å². The van der Waals surface area contributed by atoms with E-state index < -0.39 is 0 Å². The summed E-state index contributed by atoms with van der Waals surface area (Å²) in [6, 6.07) is 10.2. The molecular weight excluding hydrogens is 234 g/mol. The average molecular weight is 257 g/mol. The van der Waals surface area contributed by atoms with E-state index in [0.29, 0.717) is 23.6 Å². The standard InChI is InChI=1S/C17H23NO/c1-17(2)15(14-7-8-19-16(14)17)18-13-9-11-5-3-4-6-12(11)10-13/h3-6,13-16,18H,7-10H2,1-2H3. The van der Waals surface area contributed by atoms with Crippen molar-refractivity contribution in [1.82, 2.24) is 5.32 Å². The number of rotatable bonds is 2. The van der Waals surface area contributed by atoms with Gasteiger partial charge < -0.3 is 10.1 Å². The van der Waals surface area contributed by atoms with Crippen LogP contribution < -0.4 is 5.32 Å². The van der Waals surface area contributed by atoms with Gasteiger partial charge in [-0.3, -0.25) is 0 Å². The first kappa shape index (κ1) is 11.9. The minimum Gasteiger partial charge on any atom is -0.377 e. The van der Waals surface area contributed by atoms with Crippen LogP contribution in [0, 0.1) is 11.3 Å². The van der Waals surface area contributed by atoms with Crippen LogP contribution in [0.4, 0.5) is 0 Å². The molecule has 3 aliphatic rings. The van der Waals surface area contributed by atoms with Crippen LogP contribution in [0.3, 0.4) is 0 Å². The molecule has 2 heteroatoms. The molecule has 0 radical (unpaired) electrons. The smallest absolute Gasteiger partial charge is 0.0685 e. The van der Waals surface area contributed by atoms with E-state index in [0.717, 1.165) is 12.5 Å². The Morgan fingerprint density at radius 3 is 2.53 bits per heavy atom. The fourth-order valence-corrected chi connectivity index (χ4v) is 4.59. The van der Waals surface area contributed by atoms with Gasteiger partial charge in [0.25, 0.3) is 0 Å². The molecule has 2 nitrogen and oxygen atoms in total. The first-order valence-electron chi connectivity index (χ1n) is 7.60. The van der Waals surface area contributed by atoms with Crippen molar-refractivity contribution in [1.29, 1.82) is 0 Å². The third-order valence-corrected chi connectivity index (χ3v) is 5.57. The van der Waals surface area contributed by atoms with Crippen LogP contribution in [0.15, 0.2) is 24.3 Å². The summed E-state index contributed by atoms with van der Waals surface area (Å²) >= 11 is 0. The van der Waals surface area contributed by atoms with Gasteiger partial charge in [0.05, 0.1) is 6.10 Å². The summed E-state index contributed by atoms with van der Waals surface area (Å²) in [5.74, 6) is 0.749. The van der Waals surface area contributed by atoms with Crippen molar-refractivity contribution in [3.05, 3.63) is 35.4 Å². The van der Waals surface area contributed by atoms with Gasteiger partial charge in [0, 0.05) is 30.0 Å². The molecular formula is C17H23NO. The van der Waals surface area contributed by atoms with E-state index in [1.807, 2.05) is 0 Å². The lowest BCUT2D eigenvalue weighted by atomic mass is 9.57. The summed E-state index contributed by atoms with van der Waals surface area (Å²) < 4.78 is 5.88. The van der Waals surface area contributed by atoms with Crippen LogP contribution in [0.5, 0.6) is 0 Å². The summed E-state index contributed by atoms with van der Waals surface area (Å²) in [7, 11) is 0. The molecule has 1 saturated carbocycles. The second kappa shape index (κ2) is 4.07. The zero-order valence-electron chi connectivity index (χ0n) is 11.9. The van der Waals surface area contributed by atoms with Crippen LogP contribution in [-0.4, -0.2) is 24.8 Å². The van der Waals surface area contributed by atoms with Crippen LogP contribution >= 0.6 is 0 Å². The summed E-state index contributed by atoms with van der Waals surface area (Å²) in [6.45, 7) is 5.68. The van der Waals surface area contributed by atoms with Crippen molar-refractivity contribution >= 4 is 0 Å². The van der Waals surface area contributed by atoms with Crippen LogP contribution in [0.2, 0.25) is 0 Å². The molecule has 1 N–H and O–H groups in total. The van der Waals surface area contributed by atoms with Crippen molar-refractivity contribution in [3.63, 3.8) is 0 Å². The van der Waals surface area contributed by atoms with Crippen molar-refractivity contribution in [2.75, 3.05) is 6.61 Å². The summed E-state index contributed by atoms with van der Waals surface area (Å²) in [5.41, 5.74) is 3.38. The van der Waals surface area contributed by atoms with Crippen molar-refractivity contribution in [2.24, 2.45) is 11.3 Å². The fraction of sp³-hybridized carbons (Fsp3) is 0.647. The Morgan fingerprint density at radius 2 is 1.84 bits per heavy atom. The van der Waals surface area contributed by atoms with Crippen molar-refractivity contribution in [2.45, 2.75) is 51.3 Å². The molecule has 0 aromatic heterocycles. The molecule has 1 saturated heterocycles. The maximum absolute atomic E-state index is 5.88. The maximum atomic E-state index is 5.88. The molecule has 1 heterocycles. The highest BCUT2D eigenvalue weighted by Crippen LogP contribution is 2.52. The number of benzene rings is 1. The van der Waals surface area contributed by atoms with Gasteiger partial charge in [-0.1, -0.05) is 38.1 Å². The van der Waals surface area contributed by atoms with Gasteiger partial charge in [-0.15, -0.1) is 0 Å². The number of hydrogen-bond acceptors (Lipinski definition) is 2. The normalized spacial score (nSPS) is 35.8. The van der Waals surface area contributed by atoms with Gasteiger partial charge in [-0.2, -0.15) is 0 Å². The van der Waals surface area contributed by atoms with Gasteiger partial charge >= 0.3 is 0 Å². The highest BCUT2D eigenvalue weighted by molar-refractivity contribution is 5.33. The Labute approximate surface area is 115 Å². The monoisotopic (exact) mass is 257 g/mol. The van der Waals surface area contributed by atoms with E-state index in [1.54, 1.807) is 0 Å². The molecule has 3 atom stereocenters. The molecule has 19 heavy (non-hydrogen) atoms. The minimum atomic E-state index is 0.302. The van der Waals surface area contributed by atoms with Gasteiger partial charge in [0.15, 0.2) is 0 Å². The molecule has 1 aliphatic heterocycles. The molecule has 0 amide bonds. The number of ether oxygens (including phenoxy) is 1. The number of fused-ring (bicyclic) bond motifs is 2. The third kappa shape index (κ3) is 1.70. The lowest BCUT2D eigenvalue weighted by molar-refractivity contribution is -0.115. The van der Waals surface area contributed by atoms with Crippen molar-refractivity contribution in [3.8, 4) is 0 Å². The Balaban J connectivity index is 1.46. The van der Waals surface area contributed by atoms with E-state index in [4.69, 9.17) is 4.74 Å². The highest BCUT2D eigenvalue weighted by atomic mass is 16.5. The largest absolute Gasteiger partial charge is 0.377 e. The molecule has 2 aliphatic carbocycles. The summed E-state index contributed by atoms with van der Waals surface area (Å²) in [4.78, 5) is 0. The number of hydrogen-bond donors (Lipinski definition) is 1. The fourth-order valence-electron chi connectivity index (χ4n) is 4.59. The topological polar surface area (TPSA) is 21.3 Å². The minimum absolute atomic E-state index is 0.302. The van der Waals surface area contributed by atoms with E-state index in [9.17, 15) is 0 Å². The lowest BCUT2D eigenvalue weighted by Crippen LogP contribution is -2.67. The van der Waals surface area contributed by atoms with E-state index in [-0.39, 0.29) is 0 Å². The molecule has 1 aromatic carbocycles. The quantitative estimate of drug-likeness (QED) is 0.879. The zero-order chi connectivity index (χ0) is 13.0. The predicted octanol–water partition coefficient (Wildman–Crippen LogP) is 2.56. The second-order valence-electron chi connectivity index (χ2n) is 7.08. The van der Waals surface area contributed by atoms with E-state index in [2.05, 4.69) is 43.4 Å². The van der Waals surface area contributed by atoms with E-state index >= 15 is 0 Å². The average Bonchev–Trinajstić information content (AvgIpc) is 3.01. The van der Waals surface area contributed by atoms with Crippen molar-refractivity contribution < 1.29 is 4.74 Å². The van der Waals surface area contributed by atoms with E-state index in [1.165, 1.54) is 30.4 Å². The zero-order valence-corrected chi connectivity index (χ0v) is 11.9. The molecule has 102 valence electrons. The Kier molecular flexibility index (Phi) is 2.55. The summed E-state index contributed by atoms with van der Waals surface area (Å²) in [5, 5.41) is 3.94.